The van der Waals surface area contributed by atoms with E-state index in [0.717, 1.165) is 11.1 Å². The van der Waals surface area contributed by atoms with Crippen LogP contribution in [0.3, 0.4) is 0 Å². The number of aryl methyl sites for hydroxylation is 1. The fraction of sp³-hybridized carbons (Fsp3) is 0.240. The molecule has 0 radical (unpaired) electrons. The first-order valence-corrected chi connectivity index (χ1v) is 10.7. The summed E-state index contributed by atoms with van der Waals surface area (Å²) in [4.78, 5) is 28.5. The van der Waals surface area contributed by atoms with Crippen molar-refractivity contribution in [1.29, 1.82) is 0 Å². The number of ether oxygens (including phenoxy) is 2. The van der Waals surface area contributed by atoms with Gasteiger partial charge < -0.3 is 18.8 Å². The zero-order valence-corrected chi connectivity index (χ0v) is 18.4. The van der Waals surface area contributed by atoms with Gasteiger partial charge in [0.1, 0.15) is 16.6 Å². The molecule has 0 N–H and O–H groups in total. The zero-order valence-electron chi connectivity index (χ0n) is 18.4. The topological polar surface area (TPSA) is 86.8 Å². The van der Waals surface area contributed by atoms with Gasteiger partial charge in [0, 0.05) is 18.7 Å². The van der Waals surface area contributed by atoms with E-state index in [0.29, 0.717) is 43.6 Å². The molecule has 8 nitrogen and oxygen atoms in total. The smallest absolute Gasteiger partial charge is 0.344 e. The van der Waals surface area contributed by atoms with Crippen LogP contribution in [-0.4, -0.2) is 49.2 Å². The summed E-state index contributed by atoms with van der Waals surface area (Å²) < 4.78 is 18.1. The van der Waals surface area contributed by atoms with Gasteiger partial charge in [0.05, 0.1) is 26.0 Å². The summed E-state index contributed by atoms with van der Waals surface area (Å²) in [5.41, 5.74) is 2.85. The molecule has 4 aromatic rings. The first-order chi connectivity index (χ1) is 16.1. The molecule has 3 heterocycles. The number of esters is 1. The third kappa shape index (κ3) is 3.68. The van der Waals surface area contributed by atoms with Crippen molar-refractivity contribution in [3.8, 4) is 16.9 Å². The zero-order chi connectivity index (χ0) is 22.9. The number of carbonyl (C=O) groups is 1. The largest absolute Gasteiger partial charge is 0.465 e. The fourth-order valence-corrected chi connectivity index (χ4v) is 4.01. The van der Waals surface area contributed by atoms with E-state index in [-0.39, 0.29) is 16.5 Å². The molecule has 0 aliphatic carbocycles. The van der Waals surface area contributed by atoms with Gasteiger partial charge in [-0.05, 0) is 19.1 Å². The van der Waals surface area contributed by atoms with Crippen molar-refractivity contribution in [2.75, 3.05) is 38.3 Å². The number of nitrogens with zero attached hydrogens (tertiary/aromatic N) is 3. The highest BCUT2D eigenvalue weighted by Crippen LogP contribution is 2.36. The van der Waals surface area contributed by atoms with Crippen molar-refractivity contribution in [3.05, 3.63) is 76.1 Å². The monoisotopic (exact) mass is 445 g/mol. The van der Waals surface area contributed by atoms with Crippen LogP contribution in [-0.2, 0) is 9.47 Å². The van der Waals surface area contributed by atoms with Crippen LogP contribution in [0.1, 0.15) is 15.9 Å². The molecular weight excluding hydrogens is 422 g/mol. The molecule has 2 aromatic carbocycles. The Labute approximate surface area is 189 Å². The molecule has 1 aliphatic heterocycles. The van der Waals surface area contributed by atoms with Crippen molar-refractivity contribution >= 4 is 22.8 Å². The molecular formula is C25H23N3O5. The quantitative estimate of drug-likeness (QED) is 0.444. The minimum absolute atomic E-state index is 0.111. The van der Waals surface area contributed by atoms with Gasteiger partial charge >= 0.3 is 5.97 Å². The minimum Gasteiger partial charge on any atom is -0.465 e. The first-order valence-electron chi connectivity index (χ1n) is 10.7. The maximum atomic E-state index is 13.7. The van der Waals surface area contributed by atoms with Crippen LogP contribution in [0.5, 0.6) is 0 Å². The van der Waals surface area contributed by atoms with Gasteiger partial charge in [0.25, 0.3) is 5.56 Å². The van der Waals surface area contributed by atoms with Crippen LogP contribution in [0, 0.1) is 6.92 Å². The van der Waals surface area contributed by atoms with Crippen molar-refractivity contribution in [2.24, 2.45) is 0 Å². The average Bonchev–Trinajstić information content (AvgIpc) is 3.27. The summed E-state index contributed by atoms with van der Waals surface area (Å²) in [7, 11) is 1.29. The highest BCUT2D eigenvalue weighted by molar-refractivity contribution is 6.10. The summed E-state index contributed by atoms with van der Waals surface area (Å²) in [5.74, 6) is -0.328. The molecule has 0 atom stereocenters. The lowest BCUT2D eigenvalue weighted by Gasteiger charge is -2.26. The van der Waals surface area contributed by atoms with Crippen molar-refractivity contribution in [3.63, 3.8) is 0 Å². The van der Waals surface area contributed by atoms with Crippen LogP contribution in [0.4, 0.5) is 5.88 Å². The standard InChI is InChI=1S/C25H23N3O5/c1-16-8-10-17(11-9-16)21-22-19(23(29)28(26-21)18-6-4-3-5-7-18)20(25(30)31-2)24(33-22)27-12-14-32-15-13-27/h3-11H,12-15H2,1-2H3. The Kier molecular flexibility index (Phi) is 5.43. The van der Waals surface area contributed by atoms with Gasteiger partial charge in [-0.1, -0.05) is 48.0 Å². The second kappa shape index (κ2) is 8.55. The number of benzene rings is 2. The molecule has 0 amide bonds. The van der Waals surface area contributed by atoms with Crippen LogP contribution < -0.4 is 10.5 Å². The van der Waals surface area contributed by atoms with Gasteiger partial charge in [-0.2, -0.15) is 9.78 Å². The number of carbonyl (C=O) groups excluding carboxylic acids is 1. The number of hydrogen-bond donors (Lipinski definition) is 0. The Morgan fingerprint density at radius 1 is 1.03 bits per heavy atom. The third-order valence-electron chi connectivity index (χ3n) is 5.72. The first kappa shape index (κ1) is 21.0. The number of rotatable bonds is 4. The molecule has 168 valence electrons. The number of para-hydroxylation sites is 1. The lowest BCUT2D eigenvalue weighted by atomic mass is 10.1. The maximum Gasteiger partial charge on any atom is 0.344 e. The van der Waals surface area contributed by atoms with Gasteiger partial charge in [-0.3, -0.25) is 4.79 Å². The predicted octanol–water partition coefficient (Wildman–Crippen LogP) is 3.58. The molecule has 0 saturated carbocycles. The van der Waals surface area contributed by atoms with E-state index in [2.05, 4.69) is 5.10 Å². The van der Waals surface area contributed by atoms with Gasteiger partial charge in [-0.15, -0.1) is 0 Å². The summed E-state index contributed by atoms with van der Waals surface area (Å²) in [6.45, 7) is 4.05. The molecule has 8 heteroatoms. The van der Waals surface area contributed by atoms with E-state index in [1.165, 1.54) is 11.8 Å². The van der Waals surface area contributed by atoms with E-state index >= 15 is 0 Å². The number of fused-ring (bicyclic) bond motifs is 1. The lowest BCUT2D eigenvalue weighted by Crippen LogP contribution is -2.36. The second-order valence-corrected chi connectivity index (χ2v) is 7.84. The van der Waals surface area contributed by atoms with Crippen molar-refractivity contribution in [2.45, 2.75) is 6.92 Å². The Bertz CT molecular complexity index is 1370. The number of anilines is 1. The van der Waals surface area contributed by atoms with Gasteiger partial charge in [0.15, 0.2) is 5.58 Å². The molecule has 1 fully saturated rings. The predicted molar refractivity (Wildman–Crippen MR) is 124 cm³/mol. The average molecular weight is 445 g/mol. The van der Waals surface area contributed by atoms with Crippen LogP contribution in [0.25, 0.3) is 27.9 Å². The number of methoxy groups -OCH3 is 1. The Morgan fingerprint density at radius 2 is 1.73 bits per heavy atom. The molecule has 5 rings (SSSR count). The summed E-state index contributed by atoms with van der Waals surface area (Å²) in [6, 6.07) is 16.9. The fourth-order valence-electron chi connectivity index (χ4n) is 4.01. The van der Waals surface area contributed by atoms with E-state index in [1.807, 2.05) is 54.3 Å². The molecule has 1 aliphatic rings. The molecule has 0 bridgehead atoms. The van der Waals surface area contributed by atoms with Gasteiger partial charge in [-0.25, -0.2) is 4.79 Å². The van der Waals surface area contributed by atoms with E-state index in [9.17, 15) is 9.59 Å². The van der Waals surface area contributed by atoms with Crippen molar-refractivity contribution in [1.82, 2.24) is 9.78 Å². The van der Waals surface area contributed by atoms with Crippen LogP contribution in [0.2, 0.25) is 0 Å². The SMILES string of the molecule is COC(=O)c1c(N2CCOCC2)oc2c(-c3ccc(C)cc3)nn(-c3ccccc3)c(=O)c12. The van der Waals surface area contributed by atoms with Crippen LogP contribution in [0.15, 0.2) is 63.8 Å². The summed E-state index contributed by atoms with van der Waals surface area (Å²) in [6.07, 6.45) is 0. The molecule has 0 spiro atoms. The number of furan rings is 1. The van der Waals surface area contributed by atoms with E-state index < -0.39 is 11.5 Å². The highest BCUT2D eigenvalue weighted by Gasteiger charge is 2.32. The molecule has 33 heavy (non-hydrogen) atoms. The molecule has 0 unspecified atom stereocenters. The third-order valence-corrected chi connectivity index (χ3v) is 5.72. The lowest BCUT2D eigenvalue weighted by molar-refractivity contribution is 0.0601. The number of aromatic nitrogens is 2. The van der Waals surface area contributed by atoms with E-state index in [1.54, 1.807) is 12.1 Å². The Morgan fingerprint density at radius 3 is 2.39 bits per heavy atom. The van der Waals surface area contributed by atoms with E-state index in [4.69, 9.17) is 13.9 Å². The molecule has 2 aromatic heterocycles. The number of morpholine rings is 1. The number of hydrogen-bond acceptors (Lipinski definition) is 7. The van der Waals surface area contributed by atoms with Crippen LogP contribution >= 0.6 is 0 Å². The normalized spacial score (nSPS) is 13.9. The maximum absolute atomic E-state index is 13.7. The second-order valence-electron chi connectivity index (χ2n) is 7.84. The summed E-state index contributed by atoms with van der Waals surface area (Å²) >= 11 is 0. The summed E-state index contributed by atoms with van der Waals surface area (Å²) in [5, 5.41) is 4.82. The Hall–Kier alpha value is -3.91. The minimum atomic E-state index is -0.631. The van der Waals surface area contributed by atoms with Gasteiger partial charge in [0.2, 0.25) is 5.88 Å². The van der Waals surface area contributed by atoms with Crippen molar-refractivity contribution < 1.29 is 18.7 Å². The molecule has 1 saturated heterocycles. The Balaban J connectivity index is 1.87. The highest BCUT2D eigenvalue weighted by atomic mass is 16.5.